The largest absolute Gasteiger partial charge is 0.507 e. The molecule has 1 saturated heterocycles. The van der Waals surface area contributed by atoms with Crippen LogP contribution in [0.2, 0.25) is 0 Å². The third-order valence-electron chi connectivity index (χ3n) is 6.07. The standard InChI is InChI=1S/C27H21NO6/c1-33-27(32)19-8-5-9-20(15-19)28-23(16-6-3-2-4-7-16)22(25(30)26(28)31)24(29)18-10-11-21-17(14-18)12-13-34-21/h2-11,14-15,23,29H,12-13H2,1H3/b24-22-. The van der Waals surface area contributed by atoms with Crippen LogP contribution < -0.4 is 9.64 Å². The maximum atomic E-state index is 13.3. The lowest BCUT2D eigenvalue weighted by Crippen LogP contribution is -2.29. The Balaban J connectivity index is 1.68. The Hall–Kier alpha value is -4.39. The summed E-state index contributed by atoms with van der Waals surface area (Å²) in [5, 5.41) is 11.3. The molecule has 1 N–H and O–H groups in total. The lowest BCUT2D eigenvalue weighted by Gasteiger charge is -2.25. The van der Waals surface area contributed by atoms with Crippen molar-refractivity contribution in [3.8, 4) is 5.75 Å². The van der Waals surface area contributed by atoms with Gasteiger partial charge in [0.1, 0.15) is 11.5 Å². The normalized spacial score (nSPS) is 18.5. The maximum absolute atomic E-state index is 13.3. The summed E-state index contributed by atoms with van der Waals surface area (Å²) in [5.41, 5.74) is 2.59. The molecule has 2 heterocycles. The zero-order valence-electron chi connectivity index (χ0n) is 18.4. The minimum absolute atomic E-state index is 0.0152. The first-order valence-electron chi connectivity index (χ1n) is 10.8. The fraction of sp³-hybridized carbons (Fsp3) is 0.148. The molecule has 1 amide bonds. The second-order valence-corrected chi connectivity index (χ2v) is 8.04. The van der Waals surface area contributed by atoms with Gasteiger partial charge in [0.2, 0.25) is 0 Å². The van der Waals surface area contributed by atoms with Gasteiger partial charge in [0, 0.05) is 17.7 Å². The second-order valence-electron chi connectivity index (χ2n) is 8.04. The van der Waals surface area contributed by atoms with E-state index in [9.17, 15) is 19.5 Å². The monoisotopic (exact) mass is 455 g/mol. The summed E-state index contributed by atoms with van der Waals surface area (Å²) in [5.74, 6) is -1.66. The Labute approximate surface area is 195 Å². The van der Waals surface area contributed by atoms with Crippen LogP contribution in [0.1, 0.15) is 33.1 Å². The highest BCUT2D eigenvalue weighted by Crippen LogP contribution is 2.42. The molecule has 3 aromatic rings. The molecule has 0 aliphatic carbocycles. The fourth-order valence-electron chi connectivity index (χ4n) is 4.44. The van der Waals surface area contributed by atoms with Gasteiger partial charge in [-0.05, 0) is 47.5 Å². The van der Waals surface area contributed by atoms with Gasteiger partial charge in [0.25, 0.3) is 11.7 Å². The summed E-state index contributed by atoms with van der Waals surface area (Å²) in [6, 6.07) is 19.7. The van der Waals surface area contributed by atoms with Gasteiger partial charge in [-0.1, -0.05) is 36.4 Å². The van der Waals surface area contributed by atoms with Gasteiger partial charge in [0.05, 0.1) is 30.9 Å². The summed E-state index contributed by atoms with van der Waals surface area (Å²) < 4.78 is 10.3. The van der Waals surface area contributed by atoms with Crippen molar-refractivity contribution in [2.45, 2.75) is 12.5 Å². The average Bonchev–Trinajstić information content (AvgIpc) is 3.45. The SMILES string of the molecule is COC(=O)c1cccc(N2C(=O)C(=O)/C(=C(\O)c3ccc4c(c3)CCO4)C2c2ccccc2)c1. The second kappa shape index (κ2) is 8.51. The van der Waals surface area contributed by atoms with Crippen molar-refractivity contribution in [2.24, 2.45) is 0 Å². The lowest BCUT2D eigenvalue weighted by molar-refractivity contribution is -0.132. The molecule has 0 spiro atoms. The number of fused-ring (bicyclic) bond motifs is 1. The lowest BCUT2D eigenvalue weighted by atomic mass is 9.94. The summed E-state index contributed by atoms with van der Waals surface area (Å²) in [6.07, 6.45) is 0.702. The molecule has 0 aromatic heterocycles. The van der Waals surface area contributed by atoms with Crippen molar-refractivity contribution in [3.63, 3.8) is 0 Å². The van der Waals surface area contributed by atoms with Gasteiger partial charge in [0.15, 0.2) is 0 Å². The average molecular weight is 455 g/mol. The number of Topliss-reactive ketones (excluding diaryl/α,β-unsaturated/α-hetero) is 1. The molecule has 1 unspecified atom stereocenters. The first kappa shape index (κ1) is 21.5. The van der Waals surface area contributed by atoms with E-state index >= 15 is 0 Å². The van der Waals surface area contributed by atoms with Crippen molar-refractivity contribution in [1.82, 2.24) is 0 Å². The molecule has 170 valence electrons. The van der Waals surface area contributed by atoms with Crippen LogP contribution in [0.15, 0.2) is 78.4 Å². The molecular formula is C27H21NO6. The molecule has 2 aliphatic heterocycles. The van der Waals surface area contributed by atoms with E-state index in [1.54, 1.807) is 60.7 Å². The van der Waals surface area contributed by atoms with Crippen LogP contribution in [-0.4, -0.2) is 36.5 Å². The Kier molecular flexibility index (Phi) is 5.37. The molecule has 1 atom stereocenters. The number of anilines is 1. The minimum atomic E-state index is -0.876. The van der Waals surface area contributed by atoms with Gasteiger partial charge in [-0.3, -0.25) is 14.5 Å². The number of carbonyl (C=O) groups is 3. The number of ketones is 1. The number of rotatable bonds is 4. The molecule has 1 fully saturated rings. The number of aliphatic hydroxyl groups excluding tert-OH is 1. The molecule has 0 radical (unpaired) electrons. The van der Waals surface area contributed by atoms with Crippen LogP contribution in [0.25, 0.3) is 5.76 Å². The highest BCUT2D eigenvalue weighted by Gasteiger charge is 2.47. The number of hydrogen-bond donors (Lipinski definition) is 1. The number of esters is 1. The molecule has 7 nitrogen and oxygen atoms in total. The van der Waals surface area contributed by atoms with E-state index in [-0.39, 0.29) is 16.9 Å². The number of hydrogen-bond acceptors (Lipinski definition) is 6. The molecule has 3 aromatic carbocycles. The summed E-state index contributed by atoms with van der Waals surface area (Å²) in [6.45, 7) is 0.560. The van der Waals surface area contributed by atoms with Crippen molar-refractivity contribution in [2.75, 3.05) is 18.6 Å². The number of aliphatic hydroxyl groups is 1. The van der Waals surface area contributed by atoms with Crippen LogP contribution in [-0.2, 0) is 20.7 Å². The van der Waals surface area contributed by atoms with E-state index in [1.165, 1.54) is 18.1 Å². The minimum Gasteiger partial charge on any atom is -0.507 e. The molecule has 7 heteroatoms. The van der Waals surface area contributed by atoms with Gasteiger partial charge < -0.3 is 14.6 Å². The van der Waals surface area contributed by atoms with E-state index in [2.05, 4.69) is 0 Å². The molecule has 0 saturated carbocycles. The highest BCUT2D eigenvalue weighted by molar-refractivity contribution is 6.51. The van der Waals surface area contributed by atoms with E-state index in [0.717, 1.165) is 11.3 Å². The van der Waals surface area contributed by atoms with Crippen molar-refractivity contribution < 1.29 is 29.0 Å². The van der Waals surface area contributed by atoms with Crippen molar-refractivity contribution in [1.29, 1.82) is 0 Å². The number of amides is 1. The quantitative estimate of drug-likeness (QED) is 0.276. The third-order valence-corrected chi connectivity index (χ3v) is 6.07. The summed E-state index contributed by atoms with van der Waals surface area (Å²) >= 11 is 0. The highest BCUT2D eigenvalue weighted by atomic mass is 16.5. The van der Waals surface area contributed by atoms with E-state index in [0.29, 0.717) is 29.8 Å². The van der Waals surface area contributed by atoms with Crippen molar-refractivity contribution >= 4 is 29.1 Å². The number of nitrogens with zero attached hydrogens (tertiary/aromatic N) is 1. The number of benzene rings is 3. The van der Waals surface area contributed by atoms with Gasteiger partial charge in [-0.25, -0.2) is 4.79 Å². The van der Waals surface area contributed by atoms with Crippen LogP contribution in [0.3, 0.4) is 0 Å². The van der Waals surface area contributed by atoms with Crippen LogP contribution >= 0.6 is 0 Å². The zero-order valence-corrected chi connectivity index (χ0v) is 18.4. The zero-order chi connectivity index (χ0) is 23.8. The van der Waals surface area contributed by atoms with Crippen LogP contribution in [0.4, 0.5) is 5.69 Å². The summed E-state index contributed by atoms with van der Waals surface area (Å²) in [4.78, 5) is 39.9. The molecule has 5 rings (SSSR count). The van der Waals surface area contributed by atoms with E-state index < -0.39 is 23.7 Å². The van der Waals surface area contributed by atoms with Crippen LogP contribution in [0, 0.1) is 0 Å². The van der Waals surface area contributed by atoms with Gasteiger partial charge >= 0.3 is 5.97 Å². The number of carbonyl (C=O) groups excluding carboxylic acids is 3. The molecule has 2 aliphatic rings. The molecular weight excluding hydrogens is 434 g/mol. The number of methoxy groups -OCH3 is 1. The Morgan fingerprint density at radius 2 is 1.79 bits per heavy atom. The smallest absolute Gasteiger partial charge is 0.337 e. The van der Waals surface area contributed by atoms with Gasteiger partial charge in [-0.15, -0.1) is 0 Å². The van der Waals surface area contributed by atoms with E-state index in [4.69, 9.17) is 9.47 Å². The molecule has 0 bridgehead atoms. The Morgan fingerprint density at radius 1 is 1.00 bits per heavy atom. The van der Waals surface area contributed by atoms with Crippen molar-refractivity contribution in [3.05, 3.63) is 101 Å². The topological polar surface area (TPSA) is 93.1 Å². The van der Waals surface area contributed by atoms with Crippen LogP contribution in [0.5, 0.6) is 5.75 Å². The maximum Gasteiger partial charge on any atom is 0.337 e. The van der Waals surface area contributed by atoms with Gasteiger partial charge in [-0.2, -0.15) is 0 Å². The third kappa shape index (κ3) is 3.51. The Morgan fingerprint density at radius 3 is 2.56 bits per heavy atom. The predicted molar refractivity (Wildman–Crippen MR) is 125 cm³/mol. The Bertz CT molecular complexity index is 1340. The first-order valence-corrected chi connectivity index (χ1v) is 10.8. The first-order chi connectivity index (χ1) is 16.5. The summed E-state index contributed by atoms with van der Waals surface area (Å²) in [7, 11) is 1.27. The fourth-order valence-corrected chi connectivity index (χ4v) is 4.44. The number of ether oxygens (including phenoxy) is 2. The van der Waals surface area contributed by atoms with E-state index in [1.807, 2.05) is 6.07 Å². The predicted octanol–water partition coefficient (Wildman–Crippen LogP) is 4.03. The molecule has 34 heavy (non-hydrogen) atoms.